The number of alkyl carbamates (subject to hydrolysis) is 1. The Balaban J connectivity index is 1.56. The molecule has 3 N–H and O–H groups in total. The van der Waals surface area contributed by atoms with E-state index in [1.807, 2.05) is 60.7 Å². The van der Waals surface area contributed by atoms with Gasteiger partial charge in [0.2, 0.25) is 7.37 Å². The molecule has 0 saturated heterocycles. The van der Waals surface area contributed by atoms with Crippen molar-refractivity contribution in [1.29, 1.82) is 0 Å². The third kappa shape index (κ3) is 9.22. The SMILES string of the molecule is O=C(NC(CCC(O)OCc1ccccc1)P(=O)(O)CC1CCCCC1)OCc1ccccc1. The minimum atomic E-state index is -3.73. The van der Waals surface area contributed by atoms with E-state index in [2.05, 4.69) is 5.32 Å². The maximum absolute atomic E-state index is 13.3. The van der Waals surface area contributed by atoms with Crippen LogP contribution in [0.4, 0.5) is 4.79 Å². The first kappa shape index (κ1) is 26.4. The number of rotatable bonds is 12. The molecule has 1 aliphatic carbocycles. The monoisotopic (exact) mass is 489 g/mol. The van der Waals surface area contributed by atoms with Crippen LogP contribution in [0.5, 0.6) is 0 Å². The molecule has 0 aromatic heterocycles. The fourth-order valence-corrected chi connectivity index (χ4v) is 6.51. The second-order valence-electron chi connectivity index (χ2n) is 8.99. The highest BCUT2D eigenvalue weighted by molar-refractivity contribution is 7.58. The summed E-state index contributed by atoms with van der Waals surface area (Å²) in [5.74, 6) is -0.832. The molecular weight excluding hydrogens is 453 g/mol. The highest BCUT2D eigenvalue weighted by Gasteiger charge is 2.35. The molecule has 2 aromatic carbocycles. The van der Waals surface area contributed by atoms with Gasteiger partial charge in [-0.15, -0.1) is 0 Å². The van der Waals surface area contributed by atoms with Crippen molar-refractivity contribution in [3.63, 3.8) is 0 Å². The Labute approximate surface area is 201 Å². The van der Waals surface area contributed by atoms with E-state index < -0.39 is 25.5 Å². The van der Waals surface area contributed by atoms with Crippen LogP contribution in [-0.2, 0) is 27.3 Å². The van der Waals surface area contributed by atoms with Crippen molar-refractivity contribution in [3.05, 3.63) is 71.8 Å². The maximum atomic E-state index is 13.3. The summed E-state index contributed by atoms with van der Waals surface area (Å²) in [7, 11) is -3.73. The van der Waals surface area contributed by atoms with E-state index in [-0.39, 0.29) is 38.1 Å². The van der Waals surface area contributed by atoms with E-state index in [1.165, 1.54) is 0 Å². The molecule has 7 nitrogen and oxygen atoms in total. The Morgan fingerprint density at radius 1 is 0.941 bits per heavy atom. The Morgan fingerprint density at radius 3 is 2.15 bits per heavy atom. The van der Waals surface area contributed by atoms with Crippen LogP contribution in [0.3, 0.4) is 0 Å². The van der Waals surface area contributed by atoms with Gasteiger partial charge in [0.1, 0.15) is 12.4 Å². The number of aliphatic hydroxyl groups is 1. The largest absolute Gasteiger partial charge is 0.445 e. The third-order valence-electron chi connectivity index (χ3n) is 6.20. The molecule has 0 aliphatic heterocycles. The average Bonchev–Trinajstić information content (AvgIpc) is 2.85. The van der Waals surface area contributed by atoms with Gasteiger partial charge in [0.05, 0.1) is 6.61 Å². The lowest BCUT2D eigenvalue weighted by atomic mass is 9.91. The van der Waals surface area contributed by atoms with Crippen LogP contribution < -0.4 is 5.32 Å². The summed E-state index contributed by atoms with van der Waals surface area (Å²) >= 11 is 0. The summed E-state index contributed by atoms with van der Waals surface area (Å²) in [5.41, 5.74) is 1.75. The first-order valence-corrected chi connectivity index (χ1v) is 14.0. The topological polar surface area (TPSA) is 105 Å². The first-order chi connectivity index (χ1) is 16.4. The smallest absolute Gasteiger partial charge is 0.408 e. The summed E-state index contributed by atoms with van der Waals surface area (Å²) in [6.07, 6.45) is 3.68. The Kier molecular flexibility index (Phi) is 10.6. The maximum Gasteiger partial charge on any atom is 0.408 e. The summed E-state index contributed by atoms with van der Waals surface area (Å²) in [6.45, 7) is 0.304. The molecule has 1 aliphatic rings. The molecule has 8 heteroatoms. The van der Waals surface area contributed by atoms with Gasteiger partial charge in [0, 0.05) is 12.6 Å². The molecule has 3 unspecified atom stereocenters. The van der Waals surface area contributed by atoms with Gasteiger partial charge in [-0.25, -0.2) is 4.79 Å². The van der Waals surface area contributed by atoms with Gasteiger partial charge < -0.3 is 24.8 Å². The number of carbonyl (C=O) groups is 1. The molecule has 1 fully saturated rings. The molecule has 0 spiro atoms. The van der Waals surface area contributed by atoms with E-state index in [4.69, 9.17) is 9.47 Å². The van der Waals surface area contributed by atoms with Crippen molar-refractivity contribution in [2.45, 2.75) is 70.2 Å². The quantitative estimate of drug-likeness (QED) is 0.272. The fraction of sp³-hybridized carbons (Fsp3) is 0.500. The third-order valence-corrected chi connectivity index (χ3v) is 8.60. The summed E-state index contributed by atoms with van der Waals surface area (Å²) in [6, 6.07) is 18.7. The van der Waals surface area contributed by atoms with Crippen molar-refractivity contribution in [2.24, 2.45) is 5.92 Å². The van der Waals surface area contributed by atoms with Crippen molar-refractivity contribution in [1.82, 2.24) is 5.32 Å². The van der Waals surface area contributed by atoms with Crippen LogP contribution in [0, 0.1) is 5.92 Å². The Bertz CT molecular complexity index is 904. The lowest BCUT2D eigenvalue weighted by Crippen LogP contribution is -2.37. The van der Waals surface area contributed by atoms with Gasteiger partial charge in [0.25, 0.3) is 0 Å². The van der Waals surface area contributed by atoms with Crippen LogP contribution in [0.2, 0.25) is 0 Å². The number of nitrogens with one attached hydrogen (secondary N) is 1. The fourth-order valence-electron chi connectivity index (χ4n) is 4.29. The summed E-state index contributed by atoms with van der Waals surface area (Å²) in [4.78, 5) is 23.4. The molecule has 1 amide bonds. The van der Waals surface area contributed by atoms with E-state index in [0.29, 0.717) is 0 Å². The number of aliphatic hydroxyl groups excluding tert-OH is 1. The normalized spacial score (nSPS) is 17.9. The molecule has 3 rings (SSSR count). The van der Waals surface area contributed by atoms with Crippen LogP contribution >= 0.6 is 7.37 Å². The predicted octanol–water partition coefficient (Wildman–Crippen LogP) is 5.41. The van der Waals surface area contributed by atoms with Crippen molar-refractivity contribution in [3.8, 4) is 0 Å². The van der Waals surface area contributed by atoms with E-state index in [9.17, 15) is 19.4 Å². The van der Waals surface area contributed by atoms with E-state index in [0.717, 1.165) is 43.2 Å². The van der Waals surface area contributed by atoms with Crippen molar-refractivity contribution >= 4 is 13.5 Å². The highest BCUT2D eigenvalue weighted by Crippen LogP contribution is 2.50. The van der Waals surface area contributed by atoms with E-state index >= 15 is 0 Å². The number of amides is 1. The number of ether oxygens (including phenoxy) is 2. The zero-order valence-electron chi connectivity index (χ0n) is 19.6. The molecular formula is C26H36NO6P. The van der Waals surface area contributed by atoms with Crippen LogP contribution in [-0.4, -0.2) is 34.3 Å². The molecule has 0 radical (unpaired) electrons. The second kappa shape index (κ2) is 13.6. The van der Waals surface area contributed by atoms with E-state index in [1.54, 1.807) is 0 Å². The van der Waals surface area contributed by atoms with Gasteiger partial charge in [-0.1, -0.05) is 79.9 Å². The second-order valence-corrected chi connectivity index (χ2v) is 11.5. The van der Waals surface area contributed by atoms with Crippen molar-refractivity contribution in [2.75, 3.05) is 6.16 Å². The van der Waals surface area contributed by atoms with Gasteiger partial charge in [0.15, 0.2) is 6.29 Å². The molecule has 34 heavy (non-hydrogen) atoms. The number of hydrogen-bond donors (Lipinski definition) is 3. The minimum absolute atomic E-state index is 0.0700. The Hall–Kier alpha value is -2.18. The lowest BCUT2D eigenvalue weighted by molar-refractivity contribution is -0.112. The van der Waals surface area contributed by atoms with Gasteiger partial charge in [-0.05, 0) is 36.3 Å². The lowest BCUT2D eigenvalue weighted by Gasteiger charge is -2.29. The molecule has 0 heterocycles. The molecule has 186 valence electrons. The van der Waals surface area contributed by atoms with Gasteiger partial charge in [-0.3, -0.25) is 4.57 Å². The first-order valence-electron chi connectivity index (χ1n) is 12.0. The molecule has 3 atom stereocenters. The van der Waals surface area contributed by atoms with Crippen LogP contribution in [0.25, 0.3) is 0 Å². The number of benzene rings is 2. The number of hydrogen-bond acceptors (Lipinski definition) is 5. The average molecular weight is 490 g/mol. The van der Waals surface area contributed by atoms with Crippen LogP contribution in [0.15, 0.2) is 60.7 Å². The summed E-state index contributed by atoms with van der Waals surface area (Å²) < 4.78 is 24.1. The minimum Gasteiger partial charge on any atom is -0.445 e. The highest BCUT2D eigenvalue weighted by atomic mass is 31.2. The Morgan fingerprint density at radius 2 is 1.53 bits per heavy atom. The molecule has 0 bridgehead atoms. The zero-order valence-corrected chi connectivity index (χ0v) is 20.4. The molecule has 2 aromatic rings. The van der Waals surface area contributed by atoms with Crippen molar-refractivity contribution < 1.29 is 28.8 Å². The predicted molar refractivity (Wildman–Crippen MR) is 131 cm³/mol. The van der Waals surface area contributed by atoms with Gasteiger partial charge >= 0.3 is 6.09 Å². The van der Waals surface area contributed by atoms with Gasteiger partial charge in [-0.2, -0.15) is 0 Å². The van der Waals surface area contributed by atoms with Crippen LogP contribution in [0.1, 0.15) is 56.1 Å². The zero-order chi connectivity index (χ0) is 24.2. The number of carbonyl (C=O) groups excluding carboxylic acids is 1. The molecule has 1 saturated carbocycles. The summed E-state index contributed by atoms with van der Waals surface area (Å²) in [5, 5.41) is 12.9. The standard InChI is InChI=1S/C26H36NO6P/c28-25(32-18-21-10-4-1-5-11-21)17-16-24(34(30,31)20-23-14-8-3-9-15-23)27-26(29)33-19-22-12-6-2-7-13-22/h1-2,4-7,10-13,23-25,28H,3,8-9,14-20H2,(H,27,29)(H,30,31).